The van der Waals surface area contributed by atoms with Gasteiger partial charge in [0.2, 0.25) is 0 Å². The Morgan fingerprint density at radius 2 is 2.05 bits per heavy atom. The Labute approximate surface area is 123 Å². The van der Waals surface area contributed by atoms with Gasteiger partial charge in [0.15, 0.2) is 0 Å². The first-order chi connectivity index (χ1) is 9.70. The fourth-order valence-corrected chi connectivity index (χ4v) is 3.21. The van der Waals surface area contributed by atoms with Crippen molar-refractivity contribution in [3.8, 4) is 0 Å². The van der Waals surface area contributed by atoms with Crippen molar-refractivity contribution in [3.63, 3.8) is 0 Å². The lowest BCUT2D eigenvalue weighted by molar-refractivity contribution is 0.0961. The normalized spacial score (nSPS) is 19.6. The van der Waals surface area contributed by atoms with Gasteiger partial charge in [-0.1, -0.05) is 13.3 Å². The standard InChI is InChI=1S/C16H30N4/c1-4-6-15(2)18(3)16-7-11-19(12-8-16)13-14-20-10-5-9-17-20/h5,9-10,15-16H,4,6-8,11-14H2,1-3H3/t15-/m0/s1. The molecule has 1 saturated heterocycles. The van der Waals surface area contributed by atoms with E-state index in [0.717, 1.165) is 25.2 Å². The van der Waals surface area contributed by atoms with E-state index in [1.165, 1.54) is 38.8 Å². The van der Waals surface area contributed by atoms with Crippen molar-refractivity contribution in [2.24, 2.45) is 0 Å². The molecule has 1 aromatic rings. The molecule has 4 heteroatoms. The molecule has 114 valence electrons. The maximum atomic E-state index is 4.27. The maximum Gasteiger partial charge on any atom is 0.0536 e. The van der Waals surface area contributed by atoms with Crippen LogP contribution in [0.3, 0.4) is 0 Å². The lowest BCUT2D eigenvalue weighted by Crippen LogP contribution is -2.46. The van der Waals surface area contributed by atoms with Gasteiger partial charge in [0.05, 0.1) is 6.54 Å². The number of aromatic nitrogens is 2. The van der Waals surface area contributed by atoms with Crippen LogP contribution in [0.1, 0.15) is 39.5 Å². The van der Waals surface area contributed by atoms with Gasteiger partial charge in [-0.3, -0.25) is 4.68 Å². The van der Waals surface area contributed by atoms with Crippen LogP contribution in [0.25, 0.3) is 0 Å². The summed E-state index contributed by atoms with van der Waals surface area (Å²) in [6, 6.07) is 3.49. The van der Waals surface area contributed by atoms with E-state index in [-0.39, 0.29) is 0 Å². The largest absolute Gasteiger partial charge is 0.301 e. The van der Waals surface area contributed by atoms with E-state index >= 15 is 0 Å². The monoisotopic (exact) mass is 278 g/mol. The summed E-state index contributed by atoms with van der Waals surface area (Å²) < 4.78 is 2.03. The molecule has 2 rings (SSSR count). The number of rotatable bonds is 7. The van der Waals surface area contributed by atoms with Crippen LogP contribution in [0.2, 0.25) is 0 Å². The summed E-state index contributed by atoms with van der Waals surface area (Å²) in [5.41, 5.74) is 0. The van der Waals surface area contributed by atoms with Gasteiger partial charge in [0.25, 0.3) is 0 Å². The van der Waals surface area contributed by atoms with Crippen LogP contribution >= 0.6 is 0 Å². The highest BCUT2D eigenvalue weighted by Gasteiger charge is 2.24. The zero-order chi connectivity index (χ0) is 14.4. The molecule has 1 atom stereocenters. The van der Waals surface area contributed by atoms with Crippen LogP contribution in [0.5, 0.6) is 0 Å². The molecule has 0 amide bonds. The number of hydrogen-bond acceptors (Lipinski definition) is 3. The Hall–Kier alpha value is -0.870. The fourth-order valence-electron chi connectivity index (χ4n) is 3.21. The topological polar surface area (TPSA) is 24.3 Å². The molecule has 0 aliphatic carbocycles. The van der Waals surface area contributed by atoms with Crippen molar-refractivity contribution in [1.29, 1.82) is 0 Å². The first-order valence-corrected chi connectivity index (χ1v) is 8.12. The Morgan fingerprint density at radius 1 is 1.30 bits per heavy atom. The lowest BCUT2D eigenvalue weighted by atomic mass is 10.0. The highest BCUT2D eigenvalue weighted by Crippen LogP contribution is 2.19. The molecule has 0 unspecified atom stereocenters. The second kappa shape index (κ2) is 7.79. The molecule has 0 bridgehead atoms. The molecule has 20 heavy (non-hydrogen) atoms. The van der Waals surface area contributed by atoms with Crippen LogP contribution < -0.4 is 0 Å². The number of piperidine rings is 1. The van der Waals surface area contributed by atoms with Gasteiger partial charge in [-0.25, -0.2) is 0 Å². The molecule has 1 fully saturated rings. The van der Waals surface area contributed by atoms with Crippen LogP contribution in [-0.4, -0.2) is 58.3 Å². The van der Waals surface area contributed by atoms with Crippen molar-refractivity contribution in [2.45, 2.75) is 58.2 Å². The second-order valence-electron chi connectivity index (χ2n) is 6.15. The first-order valence-electron chi connectivity index (χ1n) is 8.12. The van der Waals surface area contributed by atoms with E-state index in [0.29, 0.717) is 0 Å². The third kappa shape index (κ3) is 4.32. The van der Waals surface area contributed by atoms with Gasteiger partial charge < -0.3 is 9.80 Å². The molecule has 1 aliphatic rings. The summed E-state index contributed by atoms with van der Waals surface area (Å²) in [7, 11) is 2.31. The van der Waals surface area contributed by atoms with Crippen molar-refractivity contribution < 1.29 is 0 Å². The van der Waals surface area contributed by atoms with Gasteiger partial charge in [-0.2, -0.15) is 5.10 Å². The van der Waals surface area contributed by atoms with E-state index in [1.54, 1.807) is 0 Å². The predicted octanol–water partition coefficient (Wildman–Crippen LogP) is 2.47. The first kappa shape index (κ1) is 15.5. The fraction of sp³-hybridized carbons (Fsp3) is 0.812. The SMILES string of the molecule is CCC[C@H](C)N(C)C1CCN(CCn2cccn2)CC1. The Kier molecular flexibility index (Phi) is 6.05. The number of hydrogen-bond donors (Lipinski definition) is 0. The molecule has 0 saturated carbocycles. The Morgan fingerprint density at radius 3 is 2.65 bits per heavy atom. The van der Waals surface area contributed by atoms with E-state index < -0.39 is 0 Å². The van der Waals surface area contributed by atoms with E-state index in [2.05, 4.69) is 35.8 Å². The summed E-state index contributed by atoms with van der Waals surface area (Å²) >= 11 is 0. The molecular weight excluding hydrogens is 248 g/mol. The van der Waals surface area contributed by atoms with Crippen molar-refractivity contribution in [1.82, 2.24) is 19.6 Å². The van der Waals surface area contributed by atoms with Crippen LogP contribution in [-0.2, 0) is 6.54 Å². The van der Waals surface area contributed by atoms with Crippen molar-refractivity contribution >= 4 is 0 Å². The summed E-state index contributed by atoms with van der Waals surface area (Å²) in [4.78, 5) is 5.19. The second-order valence-corrected chi connectivity index (χ2v) is 6.15. The Balaban J connectivity index is 1.69. The van der Waals surface area contributed by atoms with Crippen LogP contribution in [0.15, 0.2) is 18.5 Å². The molecule has 1 aromatic heterocycles. The van der Waals surface area contributed by atoms with E-state index in [4.69, 9.17) is 0 Å². The summed E-state index contributed by atoms with van der Waals surface area (Å²) in [6.07, 6.45) is 9.13. The molecule has 0 spiro atoms. The third-order valence-electron chi connectivity index (χ3n) is 4.74. The predicted molar refractivity (Wildman–Crippen MR) is 83.8 cm³/mol. The van der Waals surface area contributed by atoms with E-state index in [1.807, 2.05) is 23.1 Å². The molecular formula is C16H30N4. The smallest absolute Gasteiger partial charge is 0.0536 e. The molecule has 4 nitrogen and oxygen atoms in total. The summed E-state index contributed by atoms with van der Waals surface area (Å²) in [5, 5.41) is 4.27. The molecule has 0 radical (unpaired) electrons. The average molecular weight is 278 g/mol. The van der Waals surface area contributed by atoms with Gasteiger partial charge in [0, 0.05) is 31.0 Å². The highest BCUT2D eigenvalue weighted by atomic mass is 15.3. The zero-order valence-corrected chi connectivity index (χ0v) is 13.3. The molecule has 1 aliphatic heterocycles. The van der Waals surface area contributed by atoms with Crippen LogP contribution in [0, 0.1) is 0 Å². The van der Waals surface area contributed by atoms with Crippen molar-refractivity contribution in [2.75, 3.05) is 26.7 Å². The van der Waals surface area contributed by atoms with Gasteiger partial charge in [-0.05, 0) is 52.4 Å². The number of likely N-dealkylation sites (tertiary alicyclic amines) is 1. The third-order valence-corrected chi connectivity index (χ3v) is 4.74. The molecule has 2 heterocycles. The maximum absolute atomic E-state index is 4.27. The minimum atomic E-state index is 0.723. The lowest BCUT2D eigenvalue weighted by Gasteiger charge is -2.39. The minimum Gasteiger partial charge on any atom is -0.301 e. The quantitative estimate of drug-likeness (QED) is 0.766. The van der Waals surface area contributed by atoms with Gasteiger partial charge in [-0.15, -0.1) is 0 Å². The Bertz CT molecular complexity index is 355. The van der Waals surface area contributed by atoms with Crippen molar-refractivity contribution in [3.05, 3.63) is 18.5 Å². The van der Waals surface area contributed by atoms with Gasteiger partial charge >= 0.3 is 0 Å². The summed E-state index contributed by atoms with van der Waals surface area (Å²) in [6.45, 7) is 9.25. The minimum absolute atomic E-state index is 0.723. The highest BCUT2D eigenvalue weighted by molar-refractivity contribution is 4.82. The van der Waals surface area contributed by atoms with Gasteiger partial charge in [0.1, 0.15) is 0 Å². The van der Waals surface area contributed by atoms with Crippen LogP contribution in [0.4, 0.5) is 0 Å². The molecule has 0 N–H and O–H groups in total. The average Bonchev–Trinajstić information content (AvgIpc) is 2.98. The molecule has 0 aromatic carbocycles. The summed E-state index contributed by atoms with van der Waals surface area (Å²) in [5.74, 6) is 0. The number of nitrogens with zero attached hydrogens (tertiary/aromatic N) is 4. The van der Waals surface area contributed by atoms with E-state index in [9.17, 15) is 0 Å². The zero-order valence-electron chi connectivity index (χ0n) is 13.3.